The molecular weight excluding hydrogens is 847 g/mol. The number of amides is 4. The Kier molecular flexibility index (Phi) is 8.93. The summed E-state index contributed by atoms with van der Waals surface area (Å²) in [5, 5.41) is 10.6. The first-order valence-electron chi connectivity index (χ1n) is 17.1. The van der Waals surface area contributed by atoms with Gasteiger partial charge in [0, 0.05) is 21.5 Å². The number of benzene rings is 4. The Labute approximate surface area is 331 Å². The van der Waals surface area contributed by atoms with Crippen LogP contribution in [-0.4, -0.2) is 41.6 Å². The van der Waals surface area contributed by atoms with Crippen molar-refractivity contribution in [2.45, 2.75) is 25.7 Å². The van der Waals surface area contributed by atoms with E-state index < -0.39 is 58.5 Å². The molecule has 4 aromatic rings. The molecule has 0 spiro atoms. The highest BCUT2D eigenvalue weighted by atomic mass is 79.9. The number of imide groups is 2. The molecule has 0 radical (unpaired) electrons. The molecule has 0 bridgehead atoms. The molecule has 4 aromatic carbocycles. The van der Waals surface area contributed by atoms with Gasteiger partial charge in [0.15, 0.2) is 17.3 Å². The topological polar surface area (TPSA) is 121 Å². The highest BCUT2D eigenvalue weighted by Crippen LogP contribution is 2.65. The summed E-state index contributed by atoms with van der Waals surface area (Å²) in [5.74, 6) is -6.90. The normalized spacial score (nSPS) is 26.0. The van der Waals surface area contributed by atoms with E-state index in [1.54, 1.807) is 61.5 Å². The largest absolute Gasteiger partial charge is 0.503 e. The van der Waals surface area contributed by atoms with Crippen LogP contribution in [0.25, 0.3) is 0 Å². The van der Waals surface area contributed by atoms with Crippen LogP contribution in [-0.2, 0) is 19.2 Å². The maximum Gasteiger partial charge on any atom is 0.241 e. The second kappa shape index (κ2) is 13.3. The molecule has 3 fully saturated rings. The third-order valence-corrected chi connectivity index (χ3v) is 14.0. The molecule has 54 heavy (non-hydrogen) atoms. The van der Waals surface area contributed by atoms with Crippen LogP contribution in [0.5, 0.6) is 11.5 Å². The van der Waals surface area contributed by atoms with E-state index in [0.29, 0.717) is 32.4 Å². The van der Waals surface area contributed by atoms with Gasteiger partial charge in [0.2, 0.25) is 23.6 Å². The zero-order chi connectivity index (χ0) is 38.4. The molecule has 2 heterocycles. The molecular formula is C41H30Br2ClFN2O7. The minimum absolute atomic E-state index is 0.0847. The molecule has 2 aliphatic carbocycles. The number of rotatable bonds is 6. The van der Waals surface area contributed by atoms with Gasteiger partial charge in [-0.3, -0.25) is 28.9 Å². The number of carbonyl (C=O) groups excluding carboxylic acids is 5. The molecule has 1 N–H and O–H groups in total. The van der Waals surface area contributed by atoms with Crippen molar-refractivity contribution in [1.29, 1.82) is 0 Å². The Morgan fingerprint density at radius 2 is 1.54 bits per heavy atom. The molecule has 0 aromatic heterocycles. The predicted molar refractivity (Wildman–Crippen MR) is 205 cm³/mol. The van der Waals surface area contributed by atoms with E-state index in [-0.39, 0.29) is 51.2 Å². The quantitative estimate of drug-likeness (QED) is 0.117. The van der Waals surface area contributed by atoms with E-state index in [1.807, 2.05) is 12.1 Å². The van der Waals surface area contributed by atoms with E-state index in [1.165, 1.54) is 19.2 Å². The van der Waals surface area contributed by atoms with Crippen LogP contribution < -0.4 is 14.5 Å². The van der Waals surface area contributed by atoms with Crippen molar-refractivity contribution in [1.82, 2.24) is 0 Å². The third-order valence-electron chi connectivity index (χ3n) is 11.6. The number of ether oxygens (including phenoxy) is 1. The zero-order valence-corrected chi connectivity index (χ0v) is 32.6. The first-order valence-corrected chi connectivity index (χ1v) is 19.1. The van der Waals surface area contributed by atoms with Crippen LogP contribution in [0.2, 0.25) is 5.02 Å². The van der Waals surface area contributed by atoms with Crippen molar-refractivity contribution in [3.05, 3.63) is 127 Å². The zero-order valence-electron chi connectivity index (χ0n) is 28.7. The summed E-state index contributed by atoms with van der Waals surface area (Å²) in [6.07, 6.45) is 2.19. The lowest BCUT2D eigenvalue weighted by atomic mass is 9.51. The molecule has 13 heteroatoms. The first-order chi connectivity index (χ1) is 25.8. The summed E-state index contributed by atoms with van der Waals surface area (Å²) in [7, 11) is 1.39. The summed E-state index contributed by atoms with van der Waals surface area (Å²) in [5.41, 5.74) is 1.14. The number of methoxy groups -OCH3 is 1. The maximum atomic E-state index is 14.8. The fraction of sp³-hybridized carbons (Fsp3) is 0.244. The van der Waals surface area contributed by atoms with Crippen LogP contribution in [0.15, 0.2) is 99.5 Å². The maximum absolute atomic E-state index is 14.8. The number of ketones is 1. The molecule has 6 atom stereocenters. The van der Waals surface area contributed by atoms with Gasteiger partial charge < -0.3 is 9.84 Å². The highest BCUT2D eigenvalue weighted by Gasteiger charge is 2.68. The number of phenols is 1. The van der Waals surface area contributed by atoms with Crippen LogP contribution in [0.1, 0.15) is 47.2 Å². The second-order valence-electron chi connectivity index (χ2n) is 14.2. The number of anilines is 2. The van der Waals surface area contributed by atoms with Gasteiger partial charge in [-0.1, -0.05) is 53.6 Å². The first kappa shape index (κ1) is 36.3. The number of hydrogen-bond acceptors (Lipinski definition) is 7. The Hall–Kier alpha value is -4.65. The van der Waals surface area contributed by atoms with Gasteiger partial charge in [0.1, 0.15) is 5.82 Å². The van der Waals surface area contributed by atoms with Crippen LogP contribution in [0.4, 0.5) is 15.8 Å². The Morgan fingerprint density at radius 3 is 2.20 bits per heavy atom. The Morgan fingerprint density at radius 1 is 0.870 bits per heavy atom. The monoisotopic (exact) mass is 874 g/mol. The van der Waals surface area contributed by atoms with E-state index in [4.69, 9.17) is 16.3 Å². The molecule has 4 aliphatic rings. The molecule has 8 rings (SSSR count). The smallest absolute Gasteiger partial charge is 0.241 e. The lowest BCUT2D eigenvalue weighted by Gasteiger charge is -2.49. The molecule has 2 saturated heterocycles. The highest BCUT2D eigenvalue weighted by molar-refractivity contribution is 9.13. The molecule has 274 valence electrons. The average Bonchev–Trinajstić information content (AvgIpc) is 3.55. The molecule has 4 amide bonds. The van der Waals surface area contributed by atoms with E-state index in [2.05, 4.69) is 31.9 Å². The lowest BCUT2D eigenvalue weighted by Crippen LogP contribution is -2.49. The summed E-state index contributed by atoms with van der Waals surface area (Å²) in [6.45, 7) is 1.71. The fourth-order valence-electron chi connectivity index (χ4n) is 8.98. The van der Waals surface area contributed by atoms with Crippen LogP contribution in [0, 0.1) is 34.9 Å². The summed E-state index contributed by atoms with van der Waals surface area (Å²) < 4.78 is 20.4. The van der Waals surface area contributed by atoms with Gasteiger partial charge >= 0.3 is 0 Å². The van der Waals surface area contributed by atoms with Gasteiger partial charge in [-0.2, -0.15) is 0 Å². The number of nitrogens with zero attached hydrogens (tertiary/aromatic N) is 2. The number of aromatic hydroxyl groups is 1. The van der Waals surface area contributed by atoms with Crippen LogP contribution >= 0.6 is 43.5 Å². The van der Waals surface area contributed by atoms with Gasteiger partial charge in [-0.15, -0.1) is 0 Å². The minimum Gasteiger partial charge on any atom is -0.503 e. The average molecular weight is 877 g/mol. The van der Waals surface area contributed by atoms with Gasteiger partial charge in [0.25, 0.3) is 0 Å². The van der Waals surface area contributed by atoms with Crippen molar-refractivity contribution >= 4 is 84.2 Å². The SMILES string of the molecule is COc1cc(C2C3=CCC4C(=O)N(c5ccc(C(=O)c6ccccc6)cc5)C(=O)C4C3CC3C(=O)N(c4ccc(F)c(Cl)c4)C(=O)C32C)c(Br)c(Br)c1O. The Bertz CT molecular complexity index is 2350. The number of hydrogen-bond donors (Lipinski definition) is 1. The van der Waals surface area contributed by atoms with E-state index >= 15 is 0 Å². The summed E-state index contributed by atoms with van der Waals surface area (Å²) >= 11 is 13.2. The number of phenolic OH excluding ortho intramolecular Hbond substituents is 1. The van der Waals surface area contributed by atoms with E-state index in [9.17, 15) is 33.5 Å². The van der Waals surface area contributed by atoms with Gasteiger partial charge in [0.05, 0.1) is 51.1 Å². The summed E-state index contributed by atoms with van der Waals surface area (Å²) in [6, 6.07) is 20.4. The molecule has 2 aliphatic heterocycles. The molecule has 1 saturated carbocycles. The molecule has 6 unspecified atom stereocenters. The fourth-order valence-corrected chi connectivity index (χ4v) is 10.1. The summed E-state index contributed by atoms with van der Waals surface area (Å²) in [4.78, 5) is 73.2. The van der Waals surface area contributed by atoms with E-state index in [0.717, 1.165) is 15.9 Å². The number of carbonyl (C=O) groups is 5. The van der Waals surface area contributed by atoms with Crippen molar-refractivity contribution in [2.24, 2.45) is 29.1 Å². The molecule has 9 nitrogen and oxygen atoms in total. The van der Waals surface area contributed by atoms with Crippen molar-refractivity contribution < 1.29 is 38.2 Å². The standard InChI is InChI=1S/C41H30Br2ClFN2O7/c1-41-27(38(51)47(40(41)53)22-12-15-29(45)28(44)16-22)17-25-23(32(41)26-18-30(54-2)36(49)34(43)33(26)42)13-14-24-31(25)39(52)46(37(24)50)21-10-8-20(9-11-21)35(48)19-6-4-3-5-7-19/h3-13,15-16,18,24-25,27,31-32,49H,14,17H2,1-2H3. The van der Waals surface area contributed by atoms with Crippen molar-refractivity contribution in [3.8, 4) is 11.5 Å². The number of allylic oxidation sites excluding steroid dienone is 2. The number of fused-ring (bicyclic) bond motifs is 4. The number of halogens is 4. The lowest BCUT2D eigenvalue weighted by molar-refractivity contribution is -0.131. The van der Waals surface area contributed by atoms with Crippen molar-refractivity contribution in [2.75, 3.05) is 16.9 Å². The third kappa shape index (κ3) is 5.24. The predicted octanol–water partition coefficient (Wildman–Crippen LogP) is 8.38. The van der Waals surface area contributed by atoms with Crippen molar-refractivity contribution in [3.63, 3.8) is 0 Å². The Balaban J connectivity index is 1.22. The van der Waals surface area contributed by atoms with Gasteiger partial charge in [-0.05, 0) is 112 Å². The van der Waals surface area contributed by atoms with Crippen LogP contribution in [0.3, 0.4) is 0 Å². The van der Waals surface area contributed by atoms with Gasteiger partial charge in [-0.25, -0.2) is 9.29 Å². The second-order valence-corrected chi connectivity index (χ2v) is 16.2. The minimum atomic E-state index is -1.43.